The zero-order chi connectivity index (χ0) is 18.9. The molecule has 1 aliphatic carbocycles. The van der Waals surface area contributed by atoms with Gasteiger partial charge in [-0.25, -0.2) is 13.2 Å². The molecule has 1 aromatic heterocycles. The van der Waals surface area contributed by atoms with E-state index in [0.717, 1.165) is 24.7 Å². The smallest absolute Gasteiger partial charge is 0.341 e. The van der Waals surface area contributed by atoms with E-state index in [9.17, 15) is 18.0 Å². The molecule has 138 valence electrons. The lowest BCUT2D eigenvalue weighted by Crippen LogP contribution is -2.15. The number of anilines is 1. The van der Waals surface area contributed by atoms with Crippen molar-refractivity contribution in [3.8, 4) is 0 Å². The van der Waals surface area contributed by atoms with Crippen molar-refractivity contribution >= 4 is 38.1 Å². The van der Waals surface area contributed by atoms with Crippen LogP contribution in [-0.4, -0.2) is 33.2 Å². The Hall–Kier alpha value is -2.19. The van der Waals surface area contributed by atoms with Crippen molar-refractivity contribution in [1.29, 1.82) is 0 Å². The molecular formula is C18H19NO5S2. The molecule has 0 aliphatic heterocycles. The highest BCUT2D eigenvalue weighted by Crippen LogP contribution is 2.46. The average Bonchev–Trinajstić information content (AvgIpc) is 3.35. The number of rotatable bonds is 6. The molecular weight excluding hydrogens is 374 g/mol. The number of sulfone groups is 1. The van der Waals surface area contributed by atoms with Gasteiger partial charge in [-0.1, -0.05) is 0 Å². The van der Waals surface area contributed by atoms with Gasteiger partial charge in [-0.15, -0.1) is 11.3 Å². The van der Waals surface area contributed by atoms with Gasteiger partial charge >= 0.3 is 5.97 Å². The van der Waals surface area contributed by atoms with E-state index < -0.39 is 21.7 Å². The topological polar surface area (TPSA) is 89.5 Å². The van der Waals surface area contributed by atoms with Gasteiger partial charge < -0.3 is 10.1 Å². The normalized spacial score (nSPS) is 14.1. The lowest BCUT2D eigenvalue weighted by Gasteiger charge is -2.08. The standard InChI is InChI=1S/C18H19NO5S2/c1-3-24-18(21)15-14(11-4-5-11)10-25-17(15)19-16(20)12-6-8-13(9-7-12)26(2,22)23/h6-11H,3-5H2,1-2H3,(H,19,20). The summed E-state index contributed by atoms with van der Waals surface area (Å²) in [5.74, 6) is -0.483. The molecule has 8 heteroatoms. The summed E-state index contributed by atoms with van der Waals surface area (Å²) in [6.07, 6.45) is 3.17. The van der Waals surface area contributed by atoms with Crippen LogP contribution in [0.3, 0.4) is 0 Å². The number of carbonyl (C=O) groups is 2. The first-order valence-corrected chi connectivity index (χ1v) is 11.0. The van der Waals surface area contributed by atoms with Crippen LogP contribution >= 0.6 is 11.3 Å². The van der Waals surface area contributed by atoms with Gasteiger partial charge in [-0.2, -0.15) is 0 Å². The first kappa shape index (κ1) is 18.6. The SMILES string of the molecule is CCOC(=O)c1c(C2CC2)csc1NC(=O)c1ccc(S(C)(=O)=O)cc1. The fourth-order valence-corrected chi connectivity index (χ4v) is 4.26. The third-order valence-electron chi connectivity index (χ3n) is 4.09. The van der Waals surface area contributed by atoms with Gasteiger partial charge in [0.15, 0.2) is 9.84 Å². The summed E-state index contributed by atoms with van der Waals surface area (Å²) in [5.41, 5.74) is 1.67. The van der Waals surface area contributed by atoms with Gasteiger partial charge in [-0.05, 0) is 60.9 Å². The summed E-state index contributed by atoms with van der Waals surface area (Å²) in [4.78, 5) is 25.0. The lowest BCUT2D eigenvalue weighted by atomic mass is 10.1. The largest absolute Gasteiger partial charge is 0.462 e. The van der Waals surface area contributed by atoms with Crippen LogP contribution in [0.15, 0.2) is 34.5 Å². The Kier molecular flexibility index (Phi) is 5.15. The minimum absolute atomic E-state index is 0.147. The molecule has 0 spiro atoms. The van der Waals surface area contributed by atoms with E-state index in [4.69, 9.17) is 4.74 Å². The van der Waals surface area contributed by atoms with Crippen LogP contribution in [0, 0.1) is 0 Å². The van der Waals surface area contributed by atoms with Crippen LogP contribution in [0.4, 0.5) is 5.00 Å². The zero-order valence-electron chi connectivity index (χ0n) is 14.4. The third-order valence-corrected chi connectivity index (χ3v) is 6.13. The molecule has 1 heterocycles. The molecule has 26 heavy (non-hydrogen) atoms. The Morgan fingerprint density at radius 1 is 1.23 bits per heavy atom. The fourth-order valence-electron chi connectivity index (χ4n) is 2.60. The number of hydrogen-bond donors (Lipinski definition) is 1. The van der Waals surface area contributed by atoms with Crippen LogP contribution in [0.5, 0.6) is 0 Å². The van der Waals surface area contributed by atoms with Gasteiger partial charge in [0.2, 0.25) is 0 Å². The van der Waals surface area contributed by atoms with Crippen molar-refractivity contribution in [3.63, 3.8) is 0 Å². The van der Waals surface area contributed by atoms with Crippen molar-refractivity contribution in [2.24, 2.45) is 0 Å². The van der Waals surface area contributed by atoms with Crippen LogP contribution < -0.4 is 5.32 Å². The van der Waals surface area contributed by atoms with Crippen LogP contribution in [-0.2, 0) is 14.6 Å². The van der Waals surface area contributed by atoms with Crippen molar-refractivity contribution in [2.45, 2.75) is 30.6 Å². The molecule has 1 N–H and O–H groups in total. The van der Waals surface area contributed by atoms with Crippen LogP contribution in [0.25, 0.3) is 0 Å². The van der Waals surface area contributed by atoms with Gasteiger partial charge in [0.1, 0.15) is 5.00 Å². The maximum absolute atomic E-state index is 12.5. The zero-order valence-corrected chi connectivity index (χ0v) is 16.1. The van der Waals surface area contributed by atoms with Gasteiger partial charge in [0.05, 0.1) is 17.1 Å². The molecule has 1 aliphatic rings. The average molecular weight is 393 g/mol. The summed E-state index contributed by atoms with van der Waals surface area (Å²) in [5, 5.41) is 5.11. The van der Waals surface area contributed by atoms with E-state index in [2.05, 4.69) is 5.32 Å². The second kappa shape index (κ2) is 7.20. The molecule has 3 rings (SSSR count). The van der Waals surface area contributed by atoms with E-state index in [1.165, 1.54) is 35.6 Å². The number of ether oxygens (including phenoxy) is 1. The molecule has 1 aromatic carbocycles. The second-order valence-corrected chi connectivity index (χ2v) is 9.04. The predicted molar refractivity (Wildman–Crippen MR) is 99.8 cm³/mol. The summed E-state index contributed by atoms with van der Waals surface area (Å²) in [7, 11) is -3.32. The van der Waals surface area contributed by atoms with Crippen molar-refractivity contribution in [2.75, 3.05) is 18.2 Å². The highest BCUT2D eigenvalue weighted by atomic mass is 32.2. The van der Waals surface area contributed by atoms with Crippen LogP contribution in [0.1, 0.15) is 52.0 Å². The van der Waals surface area contributed by atoms with E-state index in [-0.39, 0.29) is 11.5 Å². The third kappa shape index (κ3) is 3.96. The second-order valence-electron chi connectivity index (χ2n) is 6.14. The molecule has 0 radical (unpaired) electrons. The van der Waals surface area contributed by atoms with Crippen LogP contribution in [0.2, 0.25) is 0 Å². The maximum atomic E-state index is 12.5. The molecule has 0 atom stereocenters. The molecule has 1 fully saturated rings. The maximum Gasteiger partial charge on any atom is 0.341 e. The Morgan fingerprint density at radius 2 is 1.88 bits per heavy atom. The van der Waals surface area contributed by atoms with Crippen molar-refractivity contribution < 1.29 is 22.7 Å². The number of thiophene rings is 1. The van der Waals surface area contributed by atoms with Gasteiger partial charge in [0.25, 0.3) is 5.91 Å². The summed E-state index contributed by atoms with van der Waals surface area (Å²) in [6.45, 7) is 2.00. The number of benzene rings is 1. The molecule has 2 aromatic rings. The predicted octanol–water partition coefficient (Wildman–Crippen LogP) is 3.46. The summed E-state index contributed by atoms with van der Waals surface area (Å²) >= 11 is 1.30. The molecule has 0 saturated heterocycles. The summed E-state index contributed by atoms with van der Waals surface area (Å²) < 4.78 is 28.2. The van der Waals surface area contributed by atoms with E-state index in [1.54, 1.807) is 6.92 Å². The highest BCUT2D eigenvalue weighted by molar-refractivity contribution is 7.90. The highest BCUT2D eigenvalue weighted by Gasteiger charge is 2.32. The number of esters is 1. The number of carbonyl (C=O) groups excluding carboxylic acids is 2. The Bertz CT molecular complexity index is 940. The first-order valence-electron chi connectivity index (χ1n) is 8.21. The van der Waals surface area contributed by atoms with Gasteiger partial charge in [-0.3, -0.25) is 4.79 Å². The minimum Gasteiger partial charge on any atom is -0.462 e. The quantitative estimate of drug-likeness (QED) is 0.759. The first-order chi connectivity index (χ1) is 12.3. The van der Waals surface area contributed by atoms with Crippen molar-refractivity contribution in [3.05, 3.63) is 46.3 Å². The molecule has 6 nitrogen and oxygen atoms in total. The Morgan fingerprint density at radius 3 is 2.42 bits per heavy atom. The number of hydrogen-bond acceptors (Lipinski definition) is 6. The van der Waals surface area contributed by atoms with Gasteiger partial charge in [0, 0.05) is 11.8 Å². The fraction of sp³-hybridized carbons (Fsp3) is 0.333. The van der Waals surface area contributed by atoms with Crippen molar-refractivity contribution in [1.82, 2.24) is 0 Å². The molecule has 0 unspecified atom stereocenters. The minimum atomic E-state index is -3.32. The van der Waals surface area contributed by atoms with E-state index >= 15 is 0 Å². The monoisotopic (exact) mass is 393 g/mol. The Balaban J connectivity index is 1.84. The Labute approximate surface area is 156 Å². The number of amides is 1. The molecule has 1 saturated carbocycles. The molecule has 0 bridgehead atoms. The molecule has 1 amide bonds. The van der Waals surface area contributed by atoms with E-state index in [1.807, 2.05) is 5.38 Å². The number of nitrogens with one attached hydrogen (secondary N) is 1. The summed E-state index contributed by atoms with van der Waals surface area (Å²) in [6, 6.07) is 5.68. The lowest BCUT2D eigenvalue weighted by molar-refractivity contribution is 0.0527. The van der Waals surface area contributed by atoms with E-state index in [0.29, 0.717) is 22.0 Å².